The molecule has 2 heteroatoms. The molecule has 0 atom stereocenters. The van der Waals surface area contributed by atoms with Crippen LogP contribution in [0.25, 0.3) is 44.5 Å². The lowest BCUT2D eigenvalue weighted by Crippen LogP contribution is -2.42. The zero-order valence-electron chi connectivity index (χ0n) is 29.4. The molecule has 0 fully saturated rings. The molecule has 0 saturated carbocycles. The molecule has 2 nitrogen and oxygen atoms in total. The maximum absolute atomic E-state index is 2.68. The van der Waals surface area contributed by atoms with E-state index in [0.29, 0.717) is 0 Å². The molecule has 0 unspecified atom stereocenters. The summed E-state index contributed by atoms with van der Waals surface area (Å²) in [6.07, 6.45) is -0.134. The van der Waals surface area contributed by atoms with Gasteiger partial charge in [-0.05, 0) is 68.8 Å². The van der Waals surface area contributed by atoms with Crippen LogP contribution in [-0.2, 0) is 10.8 Å². The van der Waals surface area contributed by atoms with Gasteiger partial charge in [0, 0.05) is 38.6 Å². The summed E-state index contributed by atoms with van der Waals surface area (Å²) in [4.78, 5) is 5.36. The van der Waals surface area contributed by atoms with Crippen molar-refractivity contribution in [3.8, 4) is 44.5 Å². The maximum Gasteiger partial charge on any atom is 0.138 e. The van der Waals surface area contributed by atoms with E-state index < -0.39 is 0 Å². The van der Waals surface area contributed by atoms with Crippen LogP contribution in [0, 0.1) is 0 Å². The fraction of sp³-hybridized carbons (Fsp3) is 0.143. The molecule has 2 aliphatic heterocycles. The number of hydrogen-bond donors (Lipinski definition) is 0. The van der Waals surface area contributed by atoms with Crippen LogP contribution in [0.4, 0.5) is 22.7 Å². The zero-order chi connectivity index (χ0) is 34.2. The molecule has 0 saturated heterocycles. The van der Waals surface area contributed by atoms with Gasteiger partial charge in [0.05, 0.1) is 22.7 Å². The third kappa shape index (κ3) is 3.57. The first-order valence-corrected chi connectivity index (χ1v) is 18.2. The normalized spacial score (nSPS) is 16.4. The Balaban J connectivity index is 1.27. The predicted molar refractivity (Wildman–Crippen MR) is 212 cm³/mol. The summed E-state index contributed by atoms with van der Waals surface area (Å²) < 4.78 is 0. The molecular formula is C49H38N2. The van der Waals surface area contributed by atoms with E-state index in [0.717, 1.165) is 0 Å². The fourth-order valence-electron chi connectivity index (χ4n) is 10.2. The topological polar surface area (TPSA) is 6.48 Å². The lowest BCUT2D eigenvalue weighted by molar-refractivity contribution is 0.657. The van der Waals surface area contributed by atoms with Crippen molar-refractivity contribution in [2.75, 3.05) is 9.80 Å². The minimum Gasteiger partial charge on any atom is -0.315 e. The first-order chi connectivity index (χ1) is 24.9. The van der Waals surface area contributed by atoms with Crippen LogP contribution in [0.15, 0.2) is 152 Å². The second kappa shape index (κ2) is 9.89. The number of hydrogen-bond acceptors (Lipinski definition) is 2. The summed E-state index contributed by atoms with van der Waals surface area (Å²) in [6, 6.07) is 57.2. The zero-order valence-corrected chi connectivity index (χ0v) is 29.4. The Morgan fingerprint density at radius 3 is 1.14 bits per heavy atom. The van der Waals surface area contributed by atoms with Gasteiger partial charge in [-0.3, -0.25) is 0 Å². The van der Waals surface area contributed by atoms with E-state index in [-0.39, 0.29) is 17.0 Å². The Labute approximate surface area is 300 Å². The summed E-state index contributed by atoms with van der Waals surface area (Å²) in [5.41, 5.74) is 22.2. The molecular weight excluding hydrogens is 617 g/mol. The van der Waals surface area contributed by atoms with Crippen LogP contribution in [0.5, 0.6) is 0 Å². The van der Waals surface area contributed by atoms with Crippen molar-refractivity contribution in [1.82, 2.24) is 0 Å². The van der Waals surface area contributed by atoms with Crippen LogP contribution < -0.4 is 9.80 Å². The van der Waals surface area contributed by atoms with E-state index in [1.54, 1.807) is 0 Å². The smallest absolute Gasteiger partial charge is 0.138 e. The van der Waals surface area contributed by atoms with Crippen molar-refractivity contribution < 1.29 is 0 Å². The molecule has 0 N–H and O–H groups in total. The molecule has 11 rings (SSSR count). The number of rotatable bonds is 2. The largest absolute Gasteiger partial charge is 0.315 e. The van der Waals surface area contributed by atoms with Crippen molar-refractivity contribution >= 4 is 22.7 Å². The summed E-state index contributed by atoms with van der Waals surface area (Å²) in [7, 11) is 0. The first kappa shape index (κ1) is 28.9. The minimum absolute atomic E-state index is 0.102. The average molecular weight is 655 g/mol. The predicted octanol–water partition coefficient (Wildman–Crippen LogP) is 12.9. The van der Waals surface area contributed by atoms with E-state index in [9.17, 15) is 0 Å². The molecule has 2 aliphatic carbocycles. The number of fused-ring (bicyclic) bond motifs is 10. The number of benzene rings is 7. The van der Waals surface area contributed by atoms with Gasteiger partial charge in [-0.1, -0.05) is 155 Å². The van der Waals surface area contributed by atoms with Gasteiger partial charge in [0.1, 0.15) is 6.17 Å². The SMILES string of the molecule is CC1(C)c2ccccc2-c2c(N3c4ccccc4-c4cccc5c4C3N(c3cccc4c3-c3ccccc3C4(C)C)c3ccccc3-5)cccc21. The Bertz CT molecular complexity index is 2450. The van der Waals surface area contributed by atoms with E-state index in [1.165, 1.54) is 95.1 Å². The number of anilines is 4. The van der Waals surface area contributed by atoms with E-state index in [2.05, 4.69) is 189 Å². The molecule has 4 aliphatic rings. The third-order valence-corrected chi connectivity index (χ3v) is 12.5. The van der Waals surface area contributed by atoms with Gasteiger partial charge in [0.15, 0.2) is 0 Å². The minimum atomic E-state index is -0.134. The highest BCUT2D eigenvalue weighted by Gasteiger charge is 2.47. The van der Waals surface area contributed by atoms with Crippen LogP contribution in [0.2, 0.25) is 0 Å². The van der Waals surface area contributed by atoms with Crippen molar-refractivity contribution in [1.29, 1.82) is 0 Å². The first-order valence-electron chi connectivity index (χ1n) is 18.2. The Hall–Kier alpha value is -5.86. The van der Waals surface area contributed by atoms with E-state index in [4.69, 9.17) is 0 Å². The van der Waals surface area contributed by atoms with Gasteiger partial charge >= 0.3 is 0 Å². The van der Waals surface area contributed by atoms with Crippen LogP contribution in [0.1, 0.15) is 61.7 Å². The van der Waals surface area contributed by atoms with Gasteiger partial charge in [-0.2, -0.15) is 0 Å². The summed E-state index contributed by atoms with van der Waals surface area (Å²) in [5, 5.41) is 0. The van der Waals surface area contributed by atoms with Crippen LogP contribution >= 0.6 is 0 Å². The lowest BCUT2D eigenvalue weighted by atomic mass is 9.80. The van der Waals surface area contributed by atoms with E-state index in [1.807, 2.05) is 0 Å². The molecule has 51 heavy (non-hydrogen) atoms. The molecule has 0 spiro atoms. The average Bonchev–Trinajstić information content (AvgIpc) is 3.55. The van der Waals surface area contributed by atoms with Gasteiger partial charge in [0.2, 0.25) is 0 Å². The maximum atomic E-state index is 2.68. The highest BCUT2D eigenvalue weighted by atomic mass is 15.4. The Morgan fingerprint density at radius 2 is 0.667 bits per heavy atom. The van der Waals surface area contributed by atoms with Gasteiger partial charge in [-0.25, -0.2) is 0 Å². The van der Waals surface area contributed by atoms with Crippen molar-refractivity contribution in [2.24, 2.45) is 0 Å². The summed E-state index contributed by atoms with van der Waals surface area (Å²) >= 11 is 0. The second-order valence-corrected chi connectivity index (χ2v) is 15.7. The Morgan fingerprint density at radius 1 is 0.333 bits per heavy atom. The standard InChI is InChI=1S/C49H38N2/c1-48(2)36-22-9-5-18-34(36)45-38(48)24-14-28-42(45)50-40-26-11-7-16-30(40)32-20-13-21-33-31-17-8-12-27-41(31)51(47(50)44(32)33)43-29-15-25-39-46(43)35-19-6-10-23-37(35)49(39,3)4/h5-29,47H,1-4H3. The second-order valence-electron chi connectivity index (χ2n) is 15.7. The molecule has 0 aromatic heterocycles. The highest BCUT2D eigenvalue weighted by molar-refractivity contribution is 6.04. The van der Waals surface area contributed by atoms with Crippen LogP contribution in [-0.4, -0.2) is 0 Å². The van der Waals surface area contributed by atoms with Gasteiger partial charge in [0.25, 0.3) is 0 Å². The molecule has 2 heterocycles. The molecule has 7 aromatic carbocycles. The number of nitrogens with zero attached hydrogens (tertiary/aromatic N) is 2. The quantitative estimate of drug-likeness (QED) is 0.183. The highest BCUT2D eigenvalue weighted by Crippen LogP contribution is 2.63. The molecule has 7 aromatic rings. The third-order valence-electron chi connectivity index (χ3n) is 12.5. The molecule has 0 radical (unpaired) electrons. The fourth-order valence-corrected chi connectivity index (χ4v) is 10.2. The van der Waals surface area contributed by atoms with Crippen molar-refractivity contribution in [3.05, 3.63) is 179 Å². The number of para-hydroxylation sites is 2. The van der Waals surface area contributed by atoms with E-state index >= 15 is 0 Å². The molecule has 244 valence electrons. The van der Waals surface area contributed by atoms with Crippen molar-refractivity contribution in [3.63, 3.8) is 0 Å². The molecule has 0 amide bonds. The summed E-state index contributed by atoms with van der Waals surface area (Å²) in [5.74, 6) is 0. The van der Waals surface area contributed by atoms with Crippen LogP contribution in [0.3, 0.4) is 0 Å². The molecule has 0 bridgehead atoms. The monoisotopic (exact) mass is 654 g/mol. The lowest BCUT2D eigenvalue weighted by Gasteiger charge is -2.50. The van der Waals surface area contributed by atoms with Crippen molar-refractivity contribution in [2.45, 2.75) is 44.7 Å². The van der Waals surface area contributed by atoms with Gasteiger partial charge < -0.3 is 9.80 Å². The van der Waals surface area contributed by atoms with Gasteiger partial charge in [-0.15, -0.1) is 0 Å². The summed E-state index contributed by atoms with van der Waals surface area (Å²) in [6.45, 7) is 9.53. The Kier molecular flexibility index (Phi) is 5.61.